The predicted octanol–water partition coefficient (Wildman–Crippen LogP) is 3.75. The van der Waals surface area contributed by atoms with E-state index >= 15 is 0 Å². The summed E-state index contributed by atoms with van der Waals surface area (Å²) >= 11 is 0. The zero-order valence-corrected chi connectivity index (χ0v) is 16.7. The van der Waals surface area contributed by atoms with Crippen molar-refractivity contribution in [2.24, 2.45) is 0 Å². The molecule has 6 heteroatoms. The molecule has 0 amide bonds. The molecule has 2 fully saturated rings. The highest BCUT2D eigenvalue weighted by atomic mass is 28.4. The summed E-state index contributed by atoms with van der Waals surface area (Å²) in [5, 5.41) is 0.144. The summed E-state index contributed by atoms with van der Waals surface area (Å²) in [6.07, 6.45) is -0.422. The number of ether oxygens (including phenoxy) is 3. The Bertz CT molecular complexity index is 610. The molecule has 0 aromatic heterocycles. The SMILES string of the molecule is CC(C)(C)[Si](C)(C)OC[C@H]1O[C@@H]2C[C@@H](OC(=O)c3ccccc3)[C@H]1O2. The Morgan fingerprint density at radius 1 is 1.20 bits per heavy atom. The number of benzene rings is 1. The van der Waals surface area contributed by atoms with Gasteiger partial charge in [-0.15, -0.1) is 0 Å². The summed E-state index contributed by atoms with van der Waals surface area (Å²) in [5.41, 5.74) is 0.556. The van der Waals surface area contributed by atoms with Gasteiger partial charge in [-0.1, -0.05) is 39.0 Å². The van der Waals surface area contributed by atoms with E-state index in [0.717, 1.165) is 0 Å². The van der Waals surface area contributed by atoms with Crippen molar-refractivity contribution < 1.29 is 23.4 Å². The molecule has 2 aliphatic rings. The van der Waals surface area contributed by atoms with Gasteiger partial charge in [0.25, 0.3) is 0 Å². The molecular weight excluding hydrogens is 336 g/mol. The summed E-state index contributed by atoms with van der Waals surface area (Å²) in [7, 11) is -1.85. The molecule has 3 rings (SSSR count). The van der Waals surface area contributed by atoms with Crippen LogP contribution in [0.5, 0.6) is 0 Å². The molecule has 0 spiro atoms. The maximum atomic E-state index is 12.3. The first-order valence-electron chi connectivity index (χ1n) is 8.88. The third-order valence-electron chi connectivity index (χ3n) is 5.48. The Kier molecular flexibility index (Phi) is 5.08. The summed E-state index contributed by atoms with van der Waals surface area (Å²) < 4.78 is 23.6. The number of carbonyl (C=O) groups excluding carboxylic acids is 1. The highest BCUT2D eigenvalue weighted by Crippen LogP contribution is 2.39. The Morgan fingerprint density at radius 3 is 2.48 bits per heavy atom. The van der Waals surface area contributed by atoms with Gasteiger partial charge in [0.2, 0.25) is 0 Å². The summed E-state index contributed by atoms with van der Waals surface area (Å²) in [4.78, 5) is 12.3. The number of hydrogen-bond donors (Lipinski definition) is 0. The van der Waals surface area contributed by atoms with Gasteiger partial charge in [-0.05, 0) is 30.3 Å². The van der Waals surface area contributed by atoms with Gasteiger partial charge in [0.15, 0.2) is 14.6 Å². The number of esters is 1. The minimum Gasteiger partial charge on any atom is -0.456 e. The maximum absolute atomic E-state index is 12.3. The molecule has 0 radical (unpaired) electrons. The first-order chi connectivity index (χ1) is 11.7. The van der Waals surface area contributed by atoms with Crippen LogP contribution >= 0.6 is 0 Å². The summed E-state index contributed by atoms with van der Waals surface area (Å²) in [6, 6.07) is 9.04. The maximum Gasteiger partial charge on any atom is 0.338 e. The molecule has 25 heavy (non-hydrogen) atoms. The van der Waals surface area contributed by atoms with Gasteiger partial charge < -0.3 is 18.6 Å². The van der Waals surface area contributed by atoms with Crippen molar-refractivity contribution in [1.82, 2.24) is 0 Å². The van der Waals surface area contributed by atoms with Crippen molar-refractivity contribution in [3.8, 4) is 0 Å². The second kappa shape index (κ2) is 6.83. The quantitative estimate of drug-likeness (QED) is 0.588. The number of rotatable bonds is 5. The van der Waals surface area contributed by atoms with Gasteiger partial charge in [0.05, 0.1) is 12.2 Å². The Hall–Kier alpha value is -1.21. The zero-order chi connectivity index (χ0) is 18.2. The van der Waals surface area contributed by atoms with E-state index in [0.29, 0.717) is 18.6 Å². The van der Waals surface area contributed by atoms with Crippen molar-refractivity contribution in [1.29, 1.82) is 0 Å². The fourth-order valence-corrected chi connectivity index (χ4v) is 3.88. The molecule has 2 heterocycles. The third kappa shape index (κ3) is 3.97. The predicted molar refractivity (Wildman–Crippen MR) is 96.9 cm³/mol. The average molecular weight is 365 g/mol. The van der Waals surface area contributed by atoms with Crippen LogP contribution < -0.4 is 0 Å². The number of hydrogen-bond acceptors (Lipinski definition) is 5. The van der Waals surface area contributed by atoms with Crippen LogP contribution in [-0.4, -0.2) is 45.5 Å². The van der Waals surface area contributed by atoms with Gasteiger partial charge >= 0.3 is 5.97 Å². The van der Waals surface area contributed by atoms with Crippen molar-refractivity contribution in [3.63, 3.8) is 0 Å². The van der Waals surface area contributed by atoms with Crippen molar-refractivity contribution in [3.05, 3.63) is 35.9 Å². The first-order valence-corrected chi connectivity index (χ1v) is 11.8. The monoisotopic (exact) mass is 364 g/mol. The van der Waals surface area contributed by atoms with Crippen LogP contribution in [0.25, 0.3) is 0 Å². The second-order valence-corrected chi connectivity index (χ2v) is 13.1. The zero-order valence-electron chi connectivity index (χ0n) is 15.7. The smallest absolute Gasteiger partial charge is 0.338 e. The summed E-state index contributed by atoms with van der Waals surface area (Å²) in [5.74, 6) is -0.314. The highest BCUT2D eigenvalue weighted by Gasteiger charge is 2.51. The van der Waals surface area contributed by atoms with Crippen molar-refractivity contribution in [2.75, 3.05) is 6.61 Å². The molecule has 2 saturated heterocycles. The highest BCUT2D eigenvalue weighted by molar-refractivity contribution is 6.74. The van der Waals surface area contributed by atoms with Crippen LogP contribution in [-0.2, 0) is 18.6 Å². The molecule has 0 unspecified atom stereocenters. The minimum atomic E-state index is -1.85. The standard InChI is InChI=1S/C19H28O5Si/c1-19(2,3)25(4,5)21-12-15-17-14(11-16(22-15)24-17)23-18(20)13-9-7-6-8-10-13/h6-10,14-17H,11-12H2,1-5H3/t14-,15-,16+,17-/m1/s1. The molecule has 2 aliphatic heterocycles. The lowest BCUT2D eigenvalue weighted by molar-refractivity contribution is -0.0715. The van der Waals surface area contributed by atoms with E-state index in [-0.39, 0.29) is 35.6 Å². The number of carbonyl (C=O) groups is 1. The minimum absolute atomic E-state index is 0.144. The first kappa shape index (κ1) is 18.6. The molecule has 4 atom stereocenters. The lowest BCUT2D eigenvalue weighted by Crippen LogP contribution is -2.47. The van der Waals surface area contributed by atoms with E-state index in [1.165, 1.54) is 0 Å². The van der Waals surface area contributed by atoms with Crippen LogP contribution in [0, 0.1) is 0 Å². The van der Waals surface area contributed by atoms with Gasteiger partial charge in [-0.3, -0.25) is 0 Å². The summed E-state index contributed by atoms with van der Waals surface area (Å²) in [6.45, 7) is 11.5. The molecule has 5 nitrogen and oxygen atoms in total. The number of fused-ring (bicyclic) bond motifs is 2. The largest absolute Gasteiger partial charge is 0.456 e. The Balaban J connectivity index is 1.58. The van der Waals surface area contributed by atoms with Crippen LogP contribution in [0.1, 0.15) is 37.6 Å². The van der Waals surface area contributed by atoms with E-state index in [9.17, 15) is 4.79 Å². The molecule has 1 aromatic rings. The normalized spacial score (nSPS) is 29.0. The fourth-order valence-electron chi connectivity index (χ4n) is 2.87. The molecule has 0 N–H and O–H groups in total. The second-order valence-electron chi connectivity index (χ2n) is 8.32. The van der Waals surface area contributed by atoms with Gasteiger partial charge in [-0.25, -0.2) is 4.79 Å². The lowest BCUT2D eigenvalue weighted by atomic mass is 10.1. The molecule has 1 aromatic carbocycles. The fraction of sp³-hybridized carbons (Fsp3) is 0.632. The Morgan fingerprint density at radius 2 is 1.88 bits per heavy atom. The van der Waals surface area contributed by atoms with Crippen molar-refractivity contribution >= 4 is 14.3 Å². The Labute approximate surface area is 150 Å². The van der Waals surface area contributed by atoms with E-state index < -0.39 is 8.32 Å². The molecule has 138 valence electrons. The van der Waals surface area contributed by atoms with E-state index in [1.807, 2.05) is 18.2 Å². The van der Waals surface area contributed by atoms with E-state index in [2.05, 4.69) is 33.9 Å². The topological polar surface area (TPSA) is 54.0 Å². The lowest BCUT2D eigenvalue weighted by Gasteiger charge is -2.37. The van der Waals surface area contributed by atoms with E-state index in [1.54, 1.807) is 12.1 Å². The van der Waals surface area contributed by atoms with Crippen LogP contribution in [0.15, 0.2) is 30.3 Å². The van der Waals surface area contributed by atoms with Gasteiger partial charge in [0, 0.05) is 6.42 Å². The third-order valence-corrected chi connectivity index (χ3v) is 9.98. The molecular formula is C19H28O5Si. The average Bonchev–Trinajstić information content (AvgIpc) is 3.12. The van der Waals surface area contributed by atoms with Crippen LogP contribution in [0.4, 0.5) is 0 Å². The van der Waals surface area contributed by atoms with Crippen LogP contribution in [0.3, 0.4) is 0 Å². The van der Waals surface area contributed by atoms with Crippen molar-refractivity contribution in [2.45, 2.75) is 69.9 Å². The van der Waals surface area contributed by atoms with Gasteiger partial charge in [0.1, 0.15) is 18.3 Å². The molecule has 0 aliphatic carbocycles. The van der Waals surface area contributed by atoms with Crippen LogP contribution in [0.2, 0.25) is 18.1 Å². The molecule has 2 bridgehead atoms. The van der Waals surface area contributed by atoms with E-state index in [4.69, 9.17) is 18.6 Å². The molecule has 0 saturated carbocycles. The van der Waals surface area contributed by atoms with Gasteiger partial charge in [-0.2, -0.15) is 0 Å².